The zero-order chi connectivity index (χ0) is 15.2. The van der Waals surface area contributed by atoms with Gasteiger partial charge in [0, 0.05) is 18.3 Å². The van der Waals surface area contributed by atoms with Crippen molar-refractivity contribution in [1.29, 1.82) is 0 Å². The Kier molecular flexibility index (Phi) is 8.99. The lowest BCUT2D eigenvalue weighted by Crippen LogP contribution is -2.45. The van der Waals surface area contributed by atoms with Crippen LogP contribution in [-0.2, 0) is 9.53 Å². The number of nitrogens with zero attached hydrogens (tertiary/aromatic N) is 1. The molecule has 2 N–H and O–H groups in total. The highest BCUT2D eigenvalue weighted by atomic mass is 127. The summed E-state index contributed by atoms with van der Waals surface area (Å²) in [7, 11) is 1.70. The van der Waals surface area contributed by atoms with E-state index >= 15 is 0 Å². The first-order valence-corrected chi connectivity index (χ1v) is 8.03. The lowest BCUT2D eigenvalue weighted by atomic mass is 10.1. The van der Waals surface area contributed by atoms with Crippen LogP contribution in [-0.4, -0.2) is 48.2 Å². The van der Waals surface area contributed by atoms with Crippen molar-refractivity contribution in [1.82, 2.24) is 10.6 Å². The van der Waals surface area contributed by atoms with Crippen molar-refractivity contribution >= 4 is 47.7 Å². The third kappa shape index (κ3) is 8.75. The zero-order valence-electron chi connectivity index (χ0n) is 13.6. The lowest BCUT2D eigenvalue weighted by molar-refractivity contribution is -0.153. The van der Waals surface area contributed by atoms with Gasteiger partial charge in [0.25, 0.3) is 0 Å². The van der Waals surface area contributed by atoms with Gasteiger partial charge in [0.05, 0.1) is 0 Å². The van der Waals surface area contributed by atoms with Crippen molar-refractivity contribution < 1.29 is 9.53 Å². The summed E-state index contributed by atoms with van der Waals surface area (Å²) in [6.07, 6.45) is 2.49. The number of aliphatic imine (C=N–C) groups is 1. The Hall–Kier alpha value is -0.180. The maximum absolute atomic E-state index is 11.6. The Morgan fingerprint density at radius 2 is 2.05 bits per heavy atom. The molecule has 0 aliphatic carbocycles. The second-order valence-electron chi connectivity index (χ2n) is 6.27. The highest BCUT2D eigenvalue weighted by molar-refractivity contribution is 14.0. The molecule has 0 saturated carbocycles. The van der Waals surface area contributed by atoms with Gasteiger partial charge in [0.1, 0.15) is 12.1 Å². The Bertz CT molecular complexity index is 364. The van der Waals surface area contributed by atoms with Gasteiger partial charge in [-0.2, -0.15) is 11.8 Å². The number of halogens is 1. The molecule has 0 aromatic rings. The molecule has 0 spiro atoms. The summed E-state index contributed by atoms with van der Waals surface area (Å²) in [6.45, 7) is 8.81. The van der Waals surface area contributed by atoms with E-state index in [2.05, 4.69) is 22.5 Å². The molecular weight excluding hydrogens is 401 g/mol. The third-order valence-electron chi connectivity index (χ3n) is 2.97. The third-order valence-corrected chi connectivity index (χ3v) is 4.51. The summed E-state index contributed by atoms with van der Waals surface area (Å²) in [5.74, 6) is 1.59. The number of nitrogens with one attached hydrogen (secondary N) is 2. The molecule has 0 aromatic carbocycles. The smallest absolute Gasteiger partial charge is 0.325 e. The molecular formula is C14H28IN3O2S. The van der Waals surface area contributed by atoms with Crippen LogP contribution in [0.15, 0.2) is 4.99 Å². The van der Waals surface area contributed by atoms with Gasteiger partial charge in [-0.25, -0.2) is 0 Å². The minimum Gasteiger partial charge on any atom is -0.459 e. The number of carbonyl (C=O) groups excluding carboxylic acids is 1. The van der Waals surface area contributed by atoms with E-state index in [4.69, 9.17) is 4.74 Å². The molecule has 1 unspecified atom stereocenters. The zero-order valence-corrected chi connectivity index (χ0v) is 16.8. The molecule has 7 heteroatoms. The highest BCUT2D eigenvalue weighted by Gasteiger charge is 2.29. The van der Waals surface area contributed by atoms with E-state index in [1.165, 1.54) is 18.6 Å². The number of rotatable bonds is 4. The molecule has 1 fully saturated rings. The van der Waals surface area contributed by atoms with E-state index in [1.54, 1.807) is 7.05 Å². The van der Waals surface area contributed by atoms with Gasteiger partial charge in [-0.1, -0.05) is 0 Å². The maximum atomic E-state index is 11.6. The van der Waals surface area contributed by atoms with Crippen LogP contribution < -0.4 is 10.6 Å². The first kappa shape index (κ1) is 20.8. The maximum Gasteiger partial charge on any atom is 0.325 e. The Morgan fingerprint density at radius 1 is 1.38 bits per heavy atom. The molecule has 124 valence electrons. The van der Waals surface area contributed by atoms with Crippen molar-refractivity contribution in [3.8, 4) is 0 Å². The van der Waals surface area contributed by atoms with Gasteiger partial charge in [-0.05, 0) is 46.3 Å². The van der Waals surface area contributed by atoms with Crippen molar-refractivity contribution in [3.63, 3.8) is 0 Å². The number of carbonyl (C=O) groups is 1. The molecule has 1 aliphatic rings. The van der Waals surface area contributed by atoms with E-state index in [0.717, 1.165) is 6.54 Å². The molecule has 0 amide bonds. The van der Waals surface area contributed by atoms with E-state index in [1.807, 2.05) is 32.5 Å². The van der Waals surface area contributed by atoms with Gasteiger partial charge < -0.3 is 15.4 Å². The second kappa shape index (κ2) is 9.07. The average molecular weight is 429 g/mol. The number of ether oxygens (including phenoxy) is 1. The number of hydrogen-bond acceptors (Lipinski definition) is 4. The first-order chi connectivity index (χ1) is 9.24. The van der Waals surface area contributed by atoms with E-state index in [0.29, 0.717) is 5.96 Å². The average Bonchev–Trinajstić information content (AvgIpc) is 2.74. The summed E-state index contributed by atoms with van der Waals surface area (Å²) < 4.78 is 5.51. The Morgan fingerprint density at radius 3 is 2.52 bits per heavy atom. The van der Waals surface area contributed by atoms with E-state index in [9.17, 15) is 4.79 Å². The van der Waals surface area contributed by atoms with Gasteiger partial charge in [-0.15, -0.1) is 24.0 Å². The van der Waals surface area contributed by atoms with Crippen molar-refractivity contribution in [2.24, 2.45) is 4.99 Å². The van der Waals surface area contributed by atoms with Gasteiger partial charge in [0.2, 0.25) is 0 Å². The van der Waals surface area contributed by atoms with Crippen LogP contribution >= 0.6 is 35.7 Å². The lowest BCUT2D eigenvalue weighted by Gasteiger charge is -2.24. The number of guanidine groups is 1. The summed E-state index contributed by atoms with van der Waals surface area (Å²) in [5, 5.41) is 6.27. The molecule has 0 bridgehead atoms. The molecule has 0 aromatic heterocycles. The molecule has 1 saturated heterocycles. The van der Waals surface area contributed by atoms with Crippen molar-refractivity contribution in [2.75, 3.05) is 25.9 Å². The fraction of sp³-hybridized carbons (Fsp3) is 0.857. The number of thioether (sulfide) groups is 1. The van der Waals surface area contributed by atoms with Crippen LogP contribution in [0.1, 0.15) is 40.5 Å². The predicted molar refractivity (Wildman–Crippen MR) is 101 cm³/mol. The highest BCUT2D eigenvalue weighted by Crippen LogP contribution is 2.36. The molecule has 21 heavy (non-hydrogen) atoms. The number of esters is 1. The molecule has 1 aliphatic heterocycles. The second-order valence-corrected chi connectivity index (χ2v) is 7.95. The minimum absolute atomic E-state index is 0. The van der Waals surface area contributed by atoms with Gasteiger partial charge in [0.15, 0.2) is 5.96 Å². The summed E-state index contributed by atoms with van der Waals surface area (Å²) >= 11 is 1.99. The minimum atomic E-state index is -0.455. The predicted octanol–water partition coefficient (Wildman–Crippen LogP) is 2.40. The van der Waals surface area contributed by atoms with E-state index in [-0.39, 0.29) is 41.2 Å². The van der Waals surface area contributed by atoms with Crippen molar-refractivity contribution in [2.45, 2.75) is 50.9 Å². The largest absolute Gasteiger partial charge is 0.459 e. The molecule has 5 nitrogen and oxygen atoms in total. The van der Waals surface area contributed by atoms with Crippen LogP contribution in [0, 0.1) is 0 Å². The fourth-order valence-electron chi connectivity index (χ4n) is 2.00. The fourth-order valence-corrected chi connectivity index (χ4v) is 3.25. The topological polar surface area (TPSA) is 62.7 Å². The SMILES string of the molecule is CN=C(NCC(=O)OC(C)(C)C)NCC1(C)CCCS1.I. The Balaban J connectivity index is 0.00000400. The van der Waals surface area contributed by atoms with Gasteiger partial charge >= 0.3 is 5.97 Å². The van der Waals surface area contributed by atoms with Gasteiger partial charge in [-0.3, -0.25) is 9.79 Å². The van der Waals surface area contributed by atoms with Crippen LogP contribution in [0.3, 0.4) is 0 Å². The first-order valence-electron chi connectivity index (χ1n) is 7.04. The monoisotopic (exact) mass is 429 g/mol. The summed E-state index contributed by atoms with van der Waals surface area (Å²) in [4.78, 5) is 15.8. The number of hydrogen-bond donors (Lipinski definition) is 2. The summed E-state index contributed by atoms with van der Waals surface area (Å²) in [6, 6.07) is 0. The molecule has 0 radical (unpaired) electrons. The normalized spacial score (nSPS) is 22.4. The van der Waals surface area contributed by atoms with Crippen molar-refractivity contribution in [3.05, 3.63) is 0 Å². The van der Waals surface area contributed by atoms with E-state index < -0.39 is 5.60 Å². The van der Waals surface area contributed by atoms with Crippen LogP contribution in [0.5, 0.6) is 0 Å². The molecule has 1 atom stereocenters. The van der Waals surface area contributed by atoms with Crippen LogP contribution in [0.4, 0.5) is 0 Å². The standard InChI is InChI=1S/C14H27N3O2S.HI/c1-13(2,3)19-11(18)9-16-12(15-5)17-10-14(4)7-6-8-20-14;/h6-10H2,1-5H3,(H2,15,16,17);1H. The quantitative estimate of drug-likeness (QED) is 0.311. The van der Waals surface area contributed by atoms with Crippen LogP contribution in [0.25, 0.3) is 0 Å². The molecule has 1 heterocycles. The van der Waals surface area contributed by atoms with Crippen LogP contribution in [0.2, 0.25) is 0 Å². The molecule has 1 rings (SSSR count). The Labute approximate surface area is 149 Å². The summed E-state index contributed by atoms with van der Waals surface area (Å²) in [5.41, 5.74) is -0.455.